The van der Waals surface area contributed by atoms with Gasteiger partial charge in [-0.1, -0.05) is 46.3 Å². The molecule has 1 N–H and O–H groups in total. The molecule has 3 rings (SSSR count). The molecule has 1 aromatic heterocycles. The van der Waals surface area contributed by atoms with Gasteiger partial charge in [0.05, 0.1) is 17.5 Å². The Morgan fingerprint density at radius 2 is 1.96 bits per heavy atom. The number of hydrazone groups is 1. The van der Waals surface area contributed by atoms with Crippen molar-refractivity contribution in [3.05, 3.63) is 94.2 Å². The van der Waals surface area contributed by atoms with Crippen LogP contribution in [0.15, 0.2) is 82.5 Å². The van der Waals surface area contributed by atoms with Crippen molar-refractivity contribution in [3.8, 4) is 5.75 Å². The van der Waals surface area contributed by atoms with E-state index in [2.05, 4.69) is 31.4 Å². The number of hydrogen-bond acceptors (Lipinski definition) is 4. The summed E-state index contributed by atoms with van der Waals surface area (Å²) in [4.78, 5) is 16.5. The second-order valence-electron chi connectivity index (χ2n) is 5.37. The fourth-order valence-electron chi connectivity index (χ4n) is 2.24. The van der Waals surface area contributed by atoms with Crippen LogP contribution in [0, 0.1) is 0 Å². The highest BCUT2D eigenvalue weighted by molar-refractivity contribution is 9.10. The van der Waals surface area contributed by atoms with Crippen LogP contribution >= 0.6 is 15.9 Å². The molecular formula is C20H16BrN3O2. The maximum Gasteiger partial charge on any atom is 0.275 e. The van der Waals surface area contributed by atoms with E-state index in [0.717, 1.165) is 10.0 Å². The van der Waals surface area contributed by atoms with E-state index in [1.165, 1.54) is 6.21 Å². The van der Waals surface area contributed by atoms with Gasteiger partial charge in [0, 0.05) is 10.7 Å². The predicted molar refractivity (Wildman–Crippen MR) is 104 cm³/mol. The van der Waals surface area contributed by atoms with E-state index in [-0.39, 0.29) is 5.91 Å². The Balaban J connectivity index is 1.66. The molecule has 6 heteroatoms. The maximum atomic E-state index is 12.4. The minimum atomic E-state index is -0.345. The number of carbonyl (C=O) groups excluding carboxylic acids is 1. The first kappa shape index (κ1) is 17.8. The summed E-state index contributed by atoms with van der Waals surface area (Å²) in [5.74, 6) is 0.153. The Labute approximate surface area is 159 Å². The molecule has 0 saturated carbocycles. The predicted octanol–water partition coefficient (Wildman–Crippen LogP) is 4.19. The van der Waals surface area contributed by atoms with Crippen LogP contribution < -0.4 is 10.2 Å². The Kier molecular flexibility index (Phi) is 6.11. The Bertz CT molecular complexity index is 914. The summed E-state index contributed by atoms with van der Waals surface area (Å²) in [6, 6.07) is 20.3. The van der Waals surface area contributed by atoms with Gasteiger partial charge in [-0.25, -0.2) is 5.43 Å². The molecule has 0 bridgehead atoms. The van der Waals surface area contributed by atoms with Crippen molar-refractivity contribution in [2.75, 3.05) is 0 Å². The third-order valence-corrected chi connectivity index (χ3v) is 3.96. The number of hydrogen-bond donors (Lipinski definition) is 1. The molecule has 0 atom stereocenters. The van der Waals surface area contributed by atoms with E-state index in [9.17, 15) is 4.79 Å². The average Bonchev–Trinajstić information content (AvgIpc) is 2.67. The number of halogens is 1. The molecule has 0 aliphatic carbocycles. The number of para-hydroxylation sites is 1. The summed E-state index contributed by atoms with van der Waals surface area (Å²) in [5, 5.41) is 3.94. The summed E-state index contributed by atoms with van der Waals surface area (Å²) in [7, 11) is 0. The van der Waals surface area contributed by atoms with E-state index < -0.39 is 0 Å². The monoisotopic (exact) mass is 409 g/mol. The molecule has 5 nitrogen and oxygen atoms in total. The molecule has 130 valence electrons. The van der Waals surface area contributed by atoms with Gasteiger partial charge in [-0.2, -0.15) is 5.10 Å². The molecule has 0 aliphatic rings. The minimum Gasteiger partial charge on any atom is -0.488 e. The van der Waals surface area contributed by atoms with Crippen LogP contribution in [0.25, 0.3) is 0 Å². The lowest BCUT2D eigenvalue weighted by Gasteiger charge is -2.10. The molecule has 1 amide bonds. The summed E-state index contributed by atoms with van der Waals surface area (Å²) < 4.78 is 6.80. The van der Waals surface area contributed by atoms with Gasteiger partial charge >= 0.3 is 0 Å². The number of rotatable bonds is 6. The van der Waals surface area contributed by atoms with Crippen molar-refractivity contribution >= 4 is 28.1 Å². The molecule has 0 fully saturated rings. The molecule has 0 unspecified atom stereocenters. The van der Waals surface area contributed by atoms with Crippen LogP contribution in [-0.4, -0.2) is 17.1 Å². The number of aromatic nitrogens is 1. The third kappa shape index (κ3) is 5.00. The number of nitrogens with one attached hydrogen (secondary N) is 1. The minimum absolute atomic E-state index is 0.345. The summed E-state index contributed by atoms with van der Waals surface area (Å²) in [6.45, 7) is 0.362. The molecule has 0 aliphatic heterocycles. The molecule has 2 aromatic carbocycles. The van der Waals surface area contributed by atoms with Gasteiger partial charge in [0.15, 0.2) is 0 Å². The molecule has 0 radical (unpaired) electrons. The first-order valence-electron chi connectivity index (χ1n) is 7.93. The van der Waals surface area contributed by atoms with Gasteiger partial charge in [0.2, 0.25) is 0 Å². The van der Waals surface area contributed by atoms with Crippen molar-refractivity contribution in [2.45, 2.75) is 6.61 Å². The quantitative estimate of drug-likeness (QED) is 0.490. The number of carbonyl (C=O) groups is 1. The van der Waals surface area contributed by atoms with Crippen LogP contribution in [0.2, 0.25) is 0 Å². The summed E-state index contributed by atoms with van der Waals surface area (Å²) in [5.41, 5.74) is 4.58. The Morgan fingerprint density at radius 1 is 1.12 bits per heavy atom. The fraction of sp³-hybridized carbons (Fsp3) is 0.0500. The van der Waals surface area contributed by atoms with E-state index in [1.807, 2.05) is 42.5 Å². The zero-order valence-electron chi connectivity index (χ0n) is 13.8. The summed E-state index contributed by atoms with van der Waals surface area (Å²) >= 11 is 3.43. The normalized spacial score (nSPS) is 10.7. The van der Waals surface area contributed by atoms with Crippen LogP contribution in [0.3, 0.4) is 0 Å². The first-order valence-corrected chi connectivity index (χ1v) is 8.72. The molecule has 0 saturated heterocycles. The lowest BCUT2D eigenvalue weighted by atomic mass is 10.2. The summed E-state index contributed by atoms with van der Waals surface area (Å²) in [6.07, 6.45) is 3.15. The first-order chi connectivity index (χ1) is 12.7. The average molecular weight is 410 g/mol. The van der Waals surface area contributed by atoms with Gasteiger partial charge in [-0.15, -0.1) is 0 Å². The molecular weight excluding hydrogens is 394 g/mol. The smallest absolute Gasteiger partial charge is 0.275 e. The number of benzene rings is 2. The lowest BCUT2D eigenvalue weighted by molar-refractivity contribution is 0.0950. The van der Waals surface area contributed by atoms with Crippen LogP contribution in [0.5, 0.6) is 5.75 Å². The van der Waals surface area contributed by atoms with Crippen molar-refractivity contribution < 1.29 is 9.53 Å². The highest BCUT2D eigenvalue weighted by atomic mass is 79.9. The van der Waals surface area contributed by atoms with Gasteiger partial charge < -0.3 is 4.74 Å². The third-order valence-electron chi connectivity index (χ3n) is 3.47. The van der Waals surface area contributed by atoms with Gasteiger partial charge in [-0.3, -0.25) is 9.78 Å². The van der Waals surface area contributed by atoms with Crippen LogP contribution in [0.1, 0.15) is 21.6 Å². The molecule has 1 heterocycles. The van der Waals surface area contributed by atoms with E-state index in [0.29, 0.717) is 23.6 Å². The molecule has 0 spiro atoms. The second-order valence-corrected chi connectivity index (χ2v) is 6.28. The van der Waals surface area contributed by atoms with Gasteiger partial charge in [0.25, 0.3) is 5.91 Å². The van der Waals surface area contributed by atoms with Crippen molar-refractivity contribution in [2.24, 2.45) is 5.10 Å². The SMILES string of the molecule is O=C(N/N=C\c1ccccn1)c1ccccc1OCc1cccc(Br)c1. The molecule has 3 aromatic rings. The highest BCUT2D eigenvalue weighted by Gasteiger charge is 2.11. The number of pyridine rings is 1. The lowest BCUT2D eigenvalue weighted by Crippen LogP contribution is -2.18. The van der Waals surface area contributed by atoms with Crippen molar-refractivity contribution in [3.63, 3.8) is 0 Å². The van der Waals surface area contributed by atoms with Crippen molar-refractivity contribution in [1.29, 1.82) is 0 Å². The van der Waals surface area contributed by atoms with Gasteiger partial charge in [-0.05, 0) is 42.0 Å². The number of amides is 1. The largest absolute Gasteiger partial charge is 0.488 e. The van der Waals surface area contributed by atoms with E-state index in [1.54, 1.807) is 30.5 Å². The van der Waals surface area contributed by atoms with Crippen LogP contribution in [0.4, 0.5) is 0 Å². The molecule has 26 heavy (non-hydrogen) atoms. The maximum absolute atomic E-state index is 12.4. The van der Waals surface area contributed by atoms with E-state index >= 15 is 0 Å². The van der Waals surface area contributed by atoms with E-state index in [4.69, 9.17) is 4.74 Å². The van der Waals surface area contributed by atoms with Crippen molar-refractivity contribution in [1.82, 2.24) is 10.4 Å². The Morgan fingerprint density at radius 3 is 2.77 bits per heavy atom. The number of ether oxygens (including phenoxy) is 1. The standard InChI is InChI=1S/C20H16BrN3O2/c21-16-7-5-6-15(12-16)14-26-19-10-2-1-9-18(19)20(25)24-23-13-17-8-3-4-11-22-17/h1-13H,14H2,(H,24,25)/b23-13-. The highest BCUT2D eigenvalue weighted by Crippen LogP contribution is 2.20. The number of nitrogens with zero attached hydrogens (tertiary/aromatic N) is 2. The van der Waals surface area contributed by atoms with Crippen LogP contribution in [-0.2, 0) is 6.61 Å². The second kappa shape index (κ2) is 8.92. The zero-order chi connectivity index (χ0) is 18.2. The zero-order valence-corrected chi connectivity index (χ0v) is 15.4. The Hall–Kier alpha value is -2.99. The topological polar surface area (TPSA) is 63.6 Å². The fourth-order valence-corrected chi connectivity index (χ4v) is 2.68. The van der Waals surface area contributed by atoms with Gasteiger partial charge in [0.1, 0.15) is 12.4 Å².